The van der Waals surface area contributed by atoms with E-state index >= 15 is 0 Å². The molecule has 1 unspecified atom stereocenters. The molecule has 1 nitrogen and oxygen atoms in total. The van der Waals surface area contributed by atoms with Crippen molar-refractivity contribution < 1.29 is 4.39 Å². The summed E-state index contributed by atoms with van der Waals surface area (Å²) in [6.07, 6.45) is 2.07. The first-order valence-corrected chi connectivity index (χ1v) is 8.01. The van der Waals surface area contributed by atoms with Gasteiger partial charge >= 0.3 is 0 Å². The molecule has 0 saturated heterocycles. The van der Waals surface area contributed by atoms with Crippen LogP contribution in [0.2, 0.25) is 0 Å². The summed E-state index contributed by atoms with van der Waals surface area (Å²) in [5, 5.41) is 3.46. The van der Waals surface area contributed by atoms with Gasteiger partial charge in [0.2, 0.25) is 0 Å². The van der Waals surface area contributed by atoms with E-state index in [0.717, 1.165) is 17.7 Å². The molecule has 0 bridgehead atoms. The van der Waals surface area contributed by atoms with E-state index in [1.807, 2.05) is 25.1 Å². The predicted molar refractivity (Wildman–Crippen MR) is 84.9 cm³/mol. The Hall–Kier alpha value is -1.32. The SMILES string of the molecule is CCNC(c1cc(C)cc(F)c1)c1ccccc1SC. The zero-order chi connectivity index (χ0) is 14.5. The highest BCUT2D eigenvalue weighted by molar-refractivity contribution is 7.98. The van der Waals surface area contributed by atoms with Gasteiger partial charge in [-0.05, 0) is 54.6 Å². The van der Waals surface area contributed by atoms with Crippen LogP contribution in [0.1, 0.15) is 29.7 Å². The van der Waals surface area contributed by atoms with Gasteiger partial charge in [0.15, 0.2) is 0 Å². The quantitative estimate of drug-likeness (QED) is 0.810. The van der Waals surface area contributed by atoms with Crippen LogP contribution in [0.3, 0.4) is 0 Å². The molecule has 0 spiro atoms. The topological polar surface area (TPSA) is 12.0 Å². The zero-order valence-electron chi connectivity index (χ0n) is 12.1. The molecule has 1 atom stereocenters. The first kappa shape index (κ1) is 15.1. The maximum atomic E-state index is 13.7. The minimum atomic E-state index is -0.176. The molecule has 0 radical (unpaired) electrons. The Morgan fingerprint density at radius 2 is 1.95 bits per heavy atom. The highest BCUT2D eigenvalue weighted by Crippen LogP contribution is 2.30. The van der Waals surface area contributed by atoms with Crippen LogP contribution in [-0.2, 0) is 0 Å². The second-order valence-corrected chi connectivity index (χ2v) is 5.64. The Balaban J connectivity index is 2.50. The molecule has 106 valence electrons. The lowest BCUT2D eigenvalue weighted by molar-refractivity contribution is 0.598. The van der Waals surface area contributed by atoms with Gasteiger partial charge in [-0.2, -0.15) is 0 Å². The monoisotopic (exact) mass is 289 g/mol. The lowest BCUT2D eigenvalue weighted by atomic mass is 9.97. The molecule has 20 heavy (non-hydrogen) atoms. The van der Waals surface area contributed by atoms with Gasteiger partial charge in [0, 0.05) is 4.90 Å². The molecule has 2 aromatic carbocycles. The first-order chi connectivity index (χ1) is 9.65. The van der Waals surface area contributed by atoms with Gasteiger partial charge in [-0.3, -0.25) is 0 Å². The van der Waals surface area contributed by atoms with Gasteiger partial charge in [-0.1, -0.05) is 31.2 Å². The molecule has 0 amide bonds. The number of halogens is 1. The van der Waals surface area contributed by atoms with Crippen LogP contribution >= 0.6 is 11.8 Å². The second-order valence-electron chi connectivity index (χ2n) is 4.79. The Labute approximate surface area is 124 Å². The number of aryl methyl sites for hydroxylation is 1. The van der Waals surface area contributed by atoms with Gasteiger partial charge in [0.1, 0.15) is 5.82 Å². The van der Waals surface area contributed by atoms with E-state index in [9.17, 15) is 4.39 Å². The van der Waals surface area contributed by atoms with E-state index in [1.165, 1.54) is 10.5 Å². The summed E-state index contributed by atoms with van der Waals surface area (Å²) in [6, 6.07) is 13.5. The van der Waals surface area contributed by atoms with Crippen LogP contribution in [0.25, 0.3) is 0 Å². The van der Waals surface area contributed by atoms with Crippen molar-refractivity contribution in [1.29, 1.82) is 0 Å². The Kier molecular flexibility index (Phi) is 5.21. The normalized spacial score (nSPS) is 12.4. The molecule has 0 saturated carbocycles. The smallest absolute Gasteiger partial charge is 0.123 e. The van der Waals surface area contributed by atoms with Crippen molar-refractivity contribution in [2.24, 2.45) is 0 Å². The van der Waals surface area contributed by atoms with Crippen LogP contribution in [0.5, 0.6) is 0 Å². The van der Waals surface area contributed by atoms with Gasteiger partial charge in [0.05, 0.1) is 6.04 Å². The Morgan fingerprint density at radius 3 is 2.60 bits per heavy atom. The predicted octanol–water partition coefficient (Wildman–Crippen LogP) is 4.55. The summed E-state index contributed by atoms with van der Waals surface area (Å²) < 4.78 is 13.7. The standard InChI is InChI=1S/C17H20FNS/c1-4-19-17(13-9-12(2)10-14(18)11-13)15-7-5-6-8-16(15)20-3/h5-11,17,19H,4H2,1-3H3. The maximum absolute atomic E-state index is 13.7. The van der Waals surface area contributed by atoms with Gasteiger partial charge in [-0.15, -0.1) is 11.8 Å². The molecule has 0 aliphatic heterocycles. The van der Waals surface area contributed by atoms with Crippen molar-refractivity contribution in [2.45, 2.75) is 24.8 Å². The lowest BCUT2D eigenvalue weighted by Crippen LogP contribution is -2.22. The number of rotatable bonds is 5. The summed E-state index contributed by atoms with van der Waals surface area (Å²) in [6.45, 7) is 4.83. The fourth-order valence-corrected chi connectivity index (χ4v) is 3.08. The fraction of sp³-hybridized carbons (Fsp3) is 0.294. The van der Waals surface area contributed by atoms with Crippen LogP contribution in [0.4, 0.5) is 4.39 Å². The molecular formula is C17H20FNS. The first-order valence-electron chi connectivity index (χ1n) is 6.79. The van der Waals surface area contributed by atoms with Gasteiger partial charge < -0.3 is 5.32 Å². The Bertz CT molecular complexity index is 563. The number of hydrogen-bond acceptors (Lipinski definition) is 2. The minimum Gasteiger partial charge on any atom is -0.306 e. The zero-order valence-corrected chi connectivity index (χ0v) is 12.9. The molecule has 1 N–H and O–H groups in total. The third-order valence-corrected chi connectivity index (χ3v) is 4.07. The molecule has 0 aliphatic carbocycles. The third-order valence-electron chi connectivity index (χ3n) is 3.26. The van der Waals surface area contributed by atoms with E-state index in [0.29, 0.717) is 0 Å². The number of thioether (sulfide) groups is 1. The van der Waals surface area contributed by atoms with Crippen LogP contribution in [-0.4, -0.2) is 12.8 Å². The second kappa shape index (κ2) is 6.91. The number of hydrogen-bond donors (Lipinski definition) is 1. The van der Waals surface area contributed by atoms with Gasteiger partial charge in [0.25, 0.3) is 0 Å². The average Bonchev–Trinajstić information content (AvgIpc) is 2.43. The average molecular weight is 289 g/mol. The lowest BCUT2D eigenvalue weighted by Gasteiger charge is -2.22. The van der Waals surface area contributed by atoms with E-state index in [4.69, 9.17) is 0 Å². The van der Waals surface area contributed by atoms with Crippen LogP contribution in [0.15, 0.2) is 47.4 Å². The van der Waals surface area contributed by atoms with Crippen molar-refractivity contribution in [3.05, 3.63) is 65.0 Å². The van der Waals surface area contributed by atoms with Crippen molar-refractivity contribution in [1.82, 2.24) is 5.32 Å². The molecule has 2 aromatic rings. The molecule has 0 heterocycles. The van der Waals surface area contributed by atoms with Crippen molar-refractivity contribution in [3.8, 4) is 0 Å². The van der Waals surface area contributed by atoms with Crippen molar-refractivity contribution in [3.63, 3.8) is 0 Å². The van der Waals surface area contributed by atoms with Crippen molar-refractivity contribution in [2.75, 3.05) is 12.8 Å². The minimum absolute atomic E-state index is 0.0260. The highest BCUT2D eigenvalue weighted by atomic mass is 32.2. The summed E-state index contributed by atoms with van der Waals surface area (Å²) in [5.74, 6) is -0.176. The fourth-order valence-electron chi connectivity index (χ4n) is 2.45. The maximum Gasteiger partial charge on any atom is 0.123 e. The molecular weight excluding hydrogens is 269 g/mol. The summed E-state index contributed by atoms with van der Waals surface area (Å²) >= 11 is 1.72. The largest absolute Gasteiger partial charge is 0.306 e. The molecule has 3 heteroatoms. The summed E-state index contributed by atoms with van der Waals surface area (Å²) in [7, 11) is 0. The van der Waals surface area contributed by atoms with Crippen LogP contribution in [0, 0.1) is 12.7 Å². The van der Waals surface area contributed by atoms with Gasteiger partial charge in [-0.25, -0.2) is 4.39 Å². The van der Waals surface area contributed by atoms with E-state index in [2.05, 4.69) is 30.6 Å². The molecule has 0 aliphatic rings. The van der Waals surface area contributed by atoms with E-state index in [1.54, 1.807) is 23.9 Å². The Morgan fingerprint density at radius 1 is 1.20 bits per heavy atom. The van der Waals surface area contributed by atoms with Crippen LogP contribution < -0.4 is 5.32 Å². The molecule has 2 rings (SSSR count). The number of benzene rings is 2. The van der Waals surface area contributed by atoms with E-state index < -0.39 is 0 Å². The van der Waals surface area contributed by atoms with E-state index in [-0.39, 0.29) is 11.9 Å². The summed E-state index contributed by atoms with van der Waals surface area (Å²) in [4.78, 5) is 1.22. The highest BCUT2D eigenvalue weighted by Gasteiger charge is 2.17. The van der Waals surface area contributed by atoms with Crippen molar-refractivity contribution >= 4 is 11.8 Å². The number of nitrogens with one attached hydrogen (secondary N) is 1. The third kappa shape index (κ3) is 3.41. The molecule has 0 fully saturated rings. The summed E-state index contributed by atoms with van der Waals surface area (Å²) in [5.41, 5.74) is 3.13. The molecule has 0 aromatic heterocycles.